The summed E-state index contributed by atoms with van der Waals surface area (Å²) in [6.45, 7) is 26.8. The topological polar surface area (TPSA) is 148 Å². The van der Waals surface area contributed by atoms with Crippen molar-refractivity contribution < 1.29 is 76.4 Å². The Balaban J connectivity index is 1.61. The number of rotatable bonds is 42. The minimum Gasteiger partial charge on any atom is -0.487 e. The zero-order chi connectivity index (χ0) is 55.2. The first-order valence-electron chi connectivity index (χ1n) is 27.4. The van der Waals surface area contributed by atoms with Crippen molar-refractivity contribution >= 4 is 0 Å². The fourth-order valence-corrected chi connectivity index (χ4v) is 8.57. The Bertz CT molecular complexity index is 2100. The molecule has 0 amide bonds. The Morgan fingerprint density at radius 3 is 1.10 bits per heavy atom. The summed E-state index contributed by atoms with van der Waals surface area (Å²) in [5.41, 5.74) is 7.28. The summed E-state index contributed by atoms with van der Waals surface area (Å²) in [5, 5.41) is 0. The molecule has 5 rings (SSSR count). The average molecular weight is 1080 g/mol. The van der Waals surface area contributed by atoms with Gasteiger partial charge in [0.1, 0.15) is 26.4 Å². The molecule has 0 fully saturated rings. The summed E-state index contributed by atoms with van der Waals surface area (Å²) in [4.78, 5) is 23.9. The van der Waals surface area contributed by atoms with Gasteiger partial charge < -0.3 is 66.6 Å². The van der Waals surface area contributed by atoms with Gasteiger partial charge >= 0.3 is 0 Å². The molecule has 0 N–H and O–H groups in total. The lowest BCUT2D eigenvalue weighted by molar-refractivity contribution is -0.236. The lowest BCUT2D eigenvalue weighted by atomic mass is 9.66. The molecule has 1 aliphatic rings. The largest absolute Gasteiger partial charge is 0.487 e. The molecule has 0 unspecified atom stereocenters. The van der Waals surface area contributed by atoms with E-state index in [1.165, 1.54) is 11.1 Å². The monoisotopic (exact) mass is 1080 g/mol. The van der Waals surface area contributed by atoms with Crippen LogP contribution < -0.4 is 19.2 Å². The second-order valence-corrected chi connectivity index (χ2v) is 20.5. The number of methoxy groups -OCH3 is 2. The van der Waals surface area contributed by atoms with E-state index in [2.05, 4.69) is 110 Å². The molecule has 0 bridgehead atoms. The van der Waals surface area contributed by atoms with Crippen LogP contribution in [0.3, 0.4) is 0 Å². The predicted molar refractivity (Wildman–Crippen MR) is 296 cm³/mol. The van der Waals surface area contributed by atoms with Gasteiger partial charge in [-0.15, -0.1) is 0 Å². The first-order chi connectivity index (χ1) is 37.4. The van der Waals surface area contributed by atoms with Crippen LogP contribution in [0.25, 0.3) is 11.1 Å². The van der Waals surface area contributed by atoms with Crippen molar-refractivity contribution in [1.29, 1.82) is 0 Å². The maximum Gasteiger partial charge on any atom is 0.211 e. The minimum atomic E-state index is -0.960. The normalized spacial score (nSPS) is 13.0. The van der Waals surface area contributed by atoms with Crippen LogP contribution in [-0.4, -0.2) is 160 Å². The summed E-state index contributed by atoms with van der Waals surface area (Å²) in [7, 11) is 3.30. The first-order valence-corrected chi connectivity index (χ1v) is 27.4. The molecule has 77 heavy (non-hydrogen) atoms. The van der Waals surface area contributed by atoms with Crippen molar-refractivity contribution in [2.24, 2.45) is 0 Å². The van der Waals surface area contributed by atoms with E-state index in [1.807, 2.05) is 18.2 Å². The molecule has 16 nitrogen and oxygen atoms in total. The van der Waals surface area contributed by atoms with Crippen molar-refractivity contribution in [3.05, 3.63) is 106 Å². The van der Waals surface area contributed by atoms with Crippen LogP contribution in [0.2, 0.25) is 0 Å². The third-order valence-corrected chi connectivity index (χ3v) is 12.6. The Kier molecular flexibility index (Phi) is 28.5. The molecule has 0 heterocycles. The summed E-state index contributed by atoms with van der Waals surface area (Å²) < 4.78 is 69.1. The number of fused-ring (bicyclic) bond motifs is 3. The van der Waals surface area contributed by atoms with Crippen molar-refractivity contribution in [3.63, 3.8) is 0 Å². The molecule has 0 aliphatic heterocycles. The fourth-order valence-electron chi connectivity index (χ4n) is 8.57. The van der Waals surface area contributed by atoms with Crippen molar-refractivity contribution in [3.8, 4) is 34.1 Å². The smallest absolute Gasteiger partial charge is 0.211 e. The molecule has 0 aromatic heterocycles. The predicted octanol–water partition coefficient (Wildman–Crippen LogP) is 10.3. The van der Waals surface area contributed by atoms with Crippen LogP contribution in [0, 0.1) is 0 Å². The molecule has 4 aromatic carbocycles. The fraction of sp³-hybridized carbons (Fsp3) is 0.607. The SMILES string of the molecule is CCCOCCOCCOOc1ccc(C2(c3ccc(OCCOCCOCCOC)c(OCCOCCOCCOC)c3)c3cc(C(C)(C)C)ccc3-c3ccc(C(C)(C)C)cc32)cc1OOCCOCCOCCC. The van der Waals surface area contributed by atoms with E-state index >= 15 is 0 Å². The highest BCUT2D eigenvalue weighted by Crippen LogP contribution is 2.59. The molecule has 16 heteroatoms. The van der Waals surface area contributed by atoms with E-state index in [-0.39, 0.29) is 43.9 Å². The number of hydrogen-bond donors (Lipinski definition) is 0. The van der Waals surface area contributed by atoms with E-state index in [1.54, 1.807) is 14.2 Å². The van der Waals surface area contributed by atoms with Gasteiger partial charge in [0, 0.05) is 27.4 Å². The molecule has 0 atom stereocenters. The van der Waals surface area contributed by atoms with Gasteiger partial charge in [-0.25, -0.2) is 0 Å². The highest BCUT2D eigenvalue weighted by molar-refractivity contribution is 5.87. The van der Waals surface area contributed by atoms with Gasteiger partial charge in [-0.2, -0.15) is 9.78 Å². The molecule has 0 saturated carbocycles. The Hall–Kier alpha value is -4.40. The number of benzene rings is 4. The van der Waals surface area contributed by atoms with Gasteiger partial charge in [0.05, 0.1) is 111 Å². The van der Waals surface area contributed by atoms with Gasteiger partial charge in [0.25, 0.3) is 0 Å². The highest BCUT2D eigenvalue weighted by Gasteiger charge is 2.48. The second-order valence-electron chi connectivity index (χ2n) is 20.5. The zero-order valence-electron chi connectivity index (χ0n) is 47.9. The first kappa shape index (κ1) is 63.4. The third kappa shape index (κ3) is 20.0. The van der Waals surface area contributed by atoms with E-state index in [0.29, 0.717) is 135 Å². The highest BCUT2D eigenvalue weighted by atomic mass is 17.2. The number of hydrogen-bond acceptors (Lipinski definition) is 16. The molecule has 0 spiro atoms. The van der Waals surface area contributed by atoms with E-state index in [4.69, 9.17) is 76.4 Å². The Morgan fingerprint density at radius 2 is 0.688 bits per heavy atom. The molecule has 430 valence electrons. The minimum absolute atomic E-state index is 0.146. The maximum atomic E-state index is 6.68. The van der Waals surface area contributed by atoms with Crippen LogP contribution in [-0.2, 0) is 73.4 Å². The maximum absolute atomic E-state index is 6.68. The molecular weight excluding hydrogens is 989 g/mol. The van der Waals surface area contributed by atoms with Gasteiger partial charge in [-0.05, 0) is 92.4 Å². The summed E-state index contributed by atoms with van der Waals surface area (Å²) in [5.74, 6) is 1.73. The van der Waals surface area contributed by atoms with Gasteiger partial charge in [0.15, 0.2) is 11.5 Å². The van der Waals surface area contributed by atoms with E-state index in [9.17, 15) is 0 Å². The van der Waals surface area contributed by atoms with Crippen molar-refractivity contribution in [2.75, 3.05) is 160 Å². The third-order valence-electron chi connectivity index (χ3n) is 12.6. The van der Waals surface area contributed by atoms with E-state index < -0.39 is 5.41 Å². The van der Waals surface area contributed by atoms with Crippen molar-refractivity contribution in [2.45, 2.75) is 84.5 Å². The molecule has 4 aromatic rings. The zero-order valence-corrected chi connectivity index (χ0v) is 47.9. The number of ether oxygens (including phenoxy) is 12. The summed E-state index contributed by atoms with van der Waals surface area (Å²) >= 11 is 0. The second kappa shape index (κ2) is 34.6. The molecule has 0 saturated heterocycles. The Morgan fingerprint density at radius 1 is 0.338 bits per heavy atom. The van der Waals surface area contributed by atoms with Crippen LogP contribution in [0.5, 0.6) is 23.0 Å². The van der Waals surface area contributed by atoms with Crippen LogP contribution >= 0.6 is 0 Å². The summed E-state index contributed by atoms with van der Waals surface area (Å²) in [6, 6.07) is 25.9. The lowest BCUT2D eigenvalue weighted by Crippen LogP contribution is -2.30. The van der Waals surface area contributed by atoms with Crippen LogP contribution in [0.15, 0.2) is 72.8 Å². The quantitative estimate of drug-likeness (QED) is 0.0207. The van der Waals surface area contributed by atoms with Gasteiger partial charge in [-0.3, -0.25) is 0 Å². The summed E-state index contributed by atoms with van der Waals surface area (Å²) in [6.07, 6.45) is 1.89. The van der Waals surface area contributed by atoms with Gasteiger partial charge in [-0.1, -0.05) is 104 Å². The van der Waals surface area contributed by atoms with Crippen molar-refractivity contribution in [1.82, 2.24) is 0 Å². The molecular formula is C61H90O16. The van der Waals surface area contributed by atoms with E-state index in [0.717, 1.165) is 46.2 Å². The standard InChI is InChI=1S/C61H90O16/c1-11-21-64-27-29-70-37-41-74-76-56-20-16-50(46-58(56)77-75-42-38-71-30-28-65-22-12-2)61(53-43-47(59(3,4)5)13-17-51(53)52-18-14-48(44-54(52)61)60(6,7)8)49-15-19-55(72-39-35-68-33-31-66-25-23-62-9)57(45-49)73-40-36-69-34-32-67-26-24-63-10/h13-20,43-46H,11-12,21-42H2,1-10H3. The Labute approximate surface area is 459 Å². The van der Waals surface area contributed by atoms with Gasteiger partial charge in [0.2, 0.25) is 11.5 Å². The molecule has 1 aliphatic carbocycles. The van der Waals surface area contributed by atoms with Crippen LogP contribution in [0.4, 0.5) is 0 Å². The lowest BCUT2D eigenvalue weighted by Gasteiger charge is -2.36. The van der Waals surface area contributed by atoms with Crippen LogP contribution in [0.1, 0.15) is 102 Å². The molecule has 0 radical (unpaired) electrons. The average Bonchev–Trinajstić information content (AvgIpc) is 3.91.